The number of β-lactam (4-membered cyclic amide) rings is 1. The van der Waals surface area contributed by atoms with Crippen LogP contribution in [0.5, 0.6) is 11.5 Å². The van der Waals surface area contributed by atoms with Crippen molar-refractivity contribution >= 4 is 51.8 Å². The van der Waals surface area contributed by atoms with Gasteiger partial charge in [0.15, 0.2) is 33.8 Å². The number of benzene rings is 2. The van der Waals surface area contributed by atoms with Crippen molar-refractivity contribution in [3.05, 3.63) is 107 Å². The highest BCUT2D eigenvalue weighted by Gasteiger charge is 2.42. The van der Waals surface area contributed by atoms with Crippen LogP contribution in [0.25, 0.3) is 11.6 Å². The largest absolute Gasteiger partial charge is 0.485 e. The van der Waals surface area contributed by atoms with Crippen LogP contribution in [0.1, 0.15) is 89.1 Å². The van der Waals surface area contributed by atoms with Crippen molar-refractivity contribution in [1.29, 1.82) is 0 Å². The Kier molecular flexibility index (Phi) is 14.7. The van der Waals surface area contributed by atoms with Crippen LogP contribution in [0.2, 0.25) is 0 Å². The molecule has 1 fully saturated rings. The first-order valence-electron chi connectivity index (χ1n) is 20.6. The number of pyridine rings is 1. The Bertz CT molecular complexity index is 2530. The van der Waals surface area contributed by atoms with E-state index in [0.29, 0.717) is 11.5 Å². The fourth-order valence-corrected chi connectivity index (χ4v) is 6.57. The summed E-state index contributed by atoms with van der Waals surface area (Å²) in [4.78, 5) is 84.2. The van der Waals surface area contributed by atoms with Crippen LogP contribution >= 0.6 is 11.3 Å². The van der Waals surface area contributed by atoms with Crippen molar-refractivity contribution in [3.63, 3.8) is 0 Å². The molecule has 1 aliphatic rings. The Hall–Kier alpha value is -7.15. The summed E-state index contributed by atoms with van der Waals surface area (Å²) in [7, 11) is 0. The maximum Gasteiger partial charge on any atom is 0.413 e. The molecule has 3 aromatic heterocycles. The first kappa shape index (κ1) is 47.3. The van der Waals surface area contributed by atoms with E-state index in [-0.39, 0.29) is 60.0 Å². The molecule has 2 aromatic carbocycles. The number of nitrogens with zero attached hydrogens (tertiary/aromatic N) is 4. The van der Waals surface area contributed by atoms with Crippen molar-refractivity contribution in [1.82, 2.24) is 25.6 Å². The molecular formula is C46H51N7O11S. The molecular weight excluding hydrogens is 859 g/mol. The molecule has 3 amide bonds. The third-order valence-corrected chi connectivity index (χ3v) is 9.93. The molecule has 0 unspecified atom stereocenters. The number of thiazole rings is 1. The average Bonchev–Trinajstić information content (AvgIpc) is 3.93. The highest BCUT2D eigenvalue weighted by atomic mass is 32.1. The second kappa shape index (κ2) is 20.1. The molecule has 1 saturated heterocycles. The minimum atomic E-state index is -1.64. The van der Waals surface area contributed by atoms with E-state index in [4.69, 9.17) is 28.2 Å². The molecule has 2 atom stereocenters. The summed E-state index contributed by atoms with van der Waals surface area (Å²) in [6.45, 7) is 13.5. The van der Waals surface area contributed by atoms with Gasteiger partial charge in [0.05, 0.1) is 18.2 Å². The number of aromatic nitrogens is 3. The standard InChI is InChI=1S/C46H51N7O11S/c1-44(2,3)62-41(57)46(7,8)64-53-37(33-26-65-42(51-33)52-43(58)63-45(4,5)6)34(54)19-29-31(49-38(29)55)21-48-39(56)32-25-61-40(50-32)30-20-35(59-23-27-15-11-9-12-16-27)36(22-47-30)60-24-28-17-13-10-14-18-28/h9-18,20,22,25-26,29,31H,19,21,23-24H2,1-8H3,(H,48,56)(H,49,55)(H,51,52,58)/b53-37-/t29-,31+/m0/s1. The van der Waals surface area contributed by atoms with Gasteiger partial charge in [-0.25, -0.2) is 24.5 Å². The van der Waals surface area contributed by atoms with Gasteiger partial charge in [0.1, 0.15) is 42.1 Å². The maximum absolute atomic E-state index is 13.9. The second-order valence-electron chi connectivity index (χ2n) is 17.4. The number of oxazole rings is 1. The highest BCUT2D eigenvalue weighted by molar-refractivity contribution is 7.14. The zero-order chi connectivity index (χ0) is 46.9. The molecule has 0 bridgehead atoms. The van der Waals surface area contributed by atoms with Crippen molar-refractivity contribution in [2.24, 2.45) is 11.1 Å². The topological polar surface area (TPSA) is 232 Å². The number of carbonyl (C=O) groups excluding carboxylic acids is 5. The van der Waals surface area contributed by atoms with E-state index < -0.39 is 58.4 Å². The van der Waals surface area contributed by atoms with Crippen LogP contribution in [0.3, 0.4) is 0 Å². The van der Waals surface area contributed by atoms with Gasteiger partial charge >= 0.3 is 12.1 Å². The fourth-order valence-electron chi connectivity index (χ4n) is 5.89. The van der Waals surface area contributed by atoms with Gasteiger partial charge in [-0.2, -0.15) is 0 Å². The summed E-state index contributed by atoms with van der Waals surface area (Å²) in [6.07, 6.45) is 1.55. The number of hydrogen-bond donors (Lipinski definition) is 3. The minimum Gasteiger partial charge on any atom is -0.485 e. The minimum absolute atomic E-state index is 0.0104. The highest BCUT2D eigenvalue weighted by Crippen LogP contribution is 2.32. The smallest absolute Gasteiger partial charge is 0.413 e. The van der Waals surface area contributed by atoms with Gasteiger partial charge in [-0.1, -0.05) is 65.8 Å². The molecule has 19 heteroatoms. The summed E-state index contributed by atoms with van der Waals surface area (Å²) in [5.41, 5.74) is -1.43. The number of hydrogen-bond acceptors (Lipinski definition) is 16. The first-order valence-corrected chi connectivity index (χ1v) is 21.5. The summed E-state index contributed by atoms with van der Waals surface area (Å²) in [6, 6.07) is 20.2. The zero-order valence-corrected chi connectivity index (χ0v) is 38.1. The molecule has 1 aliphatic heterocycles. The number of ketones is 1. The lowest BCUT2D eigenvalue weighted by Gasteiger charge is -2.36. The number of ether oxygens (including phenoxy) is 4. The third-order valence-electron chi connectivity index (χ3n) is 9.17. The van der Waals surface area contributed by atoms with Crippen molar-refractivity contribution < 1.29 is 52.2 Å². The van der Waals surface area contributed by atoms with Crippen molar-refractivity contribution in [3.8, 4) is 23.1 Å². The molecule has 65 heavy (non-hydrogen) atoms. The van der Waals surface area contributed by atoms with Gasteiger partial charge in [0, 0.05) is 24.4 Å². The molecule has 4 heterocycles. The summed E-state index contributed by atoms with van der Waals surface area (Å²) < 4.78 is 28.6. The van der Waals surface area contributed by atoms with Crippen LogP contribution in [0, 0.1) is 5.92 Å². The quantitative estimate of drug-likeness (QED) is 0.0346. The molecule has 5 aromatic rings. The van der Waals surface area contributed by atoms with Crippen LogP contribution in [-0.4, -0.2) is 79.7 Å². The van der Waals surface area contributed by atoms with Crippen LogP contribution in [0.15, 0.2) is 94.1 Å². The summed E-state index contributed by atoms with van der Waals surface area (Å²) >= 11 is 0.990. The Labute approximate surface area is 379 Å². The molecule has 6 rings (SSSR count). The third kappa shape index (κ3) is 13.4. The molecule has 0 saturated carbocycles. The molecule has 0 aliphatic carbocycles. The van der Waals surface area contributed by atoms with E-state index >= 15 is 0 Å². The number of Topliss-reactive ketones (excluding diaryl/α,β-unsaturated/α-hetero) is 1. The second-order valence-corrected chi connectivity index (χ2v) is 18.2. The average molecular weight is 910 g/mol. The predicted octanol–water partition coefficient (Wildman–Crippen LogP) is 7.04. The fraction of sp³-hybridized carbons (Fsp3) is 0.370. The number of carbonyl (C=O) groups is 5. The van der Waals surface area contributed by atoms with Crippen LogP contribution in [-0.2, 0) is 41.9 Å². The van der Waals surface area contributed by atoms with E-state index in [1.54, 1.807) is 47.6 Å². The number of esters is 1. The van der Waals surface area contributed by atoms with Gasteiger partial charge < -0.3 is 38.8 Å². The van der Waals surface area contributed by atoms with E-state index in [9.17, 15) is 24.0 Å². The summed E-state index contributed by atoms with van der Waals surface area (Å²) in [5, 5.41) is 13.6. The number of amides is 3. The van der Waals surface area contributed by atoms with Crippen molar-refractivity contribution in [2.75, 3.05) is 11.9 Å². The van der Waals surface area contributed by atoms with Crippen molar-refractivity contribution in [2.45, 2.75) is 97.9 Å². The van der Waals surface area contributed by atoms with E-state index in [0.717, 1.165) is 22.5 Å². The van der Waals surface area contributed by atoms with Crippen LogP contribution in [0.4, 0.5) is 9.93 Å². The van der Waals surface area contributed by atoms with Gasteiger partial charge in [0.25, 0.3) is 5.91 Å². The molecule has 0 radical (unpaired) electrons. The van der Waals surface area contributed by atoms with Gasteiger partial charge in [-0.05, 0) is 66.5 Å². The molecule has 0 spiro atoms. The lowest BCUT2D eigenvalue weighted by Crippen LogP contribution is -2.62. The predicted molar refractivity (Wildman–Crippen MR) is 238 cm³/mol. The zero-order valence-electron chi connectivity index (χ0n) is 37.3. The van der Waals surface area contributed by atoms with E-state index in [1.165, 1.54) is 31.7 Å². The first-order chi connectivity index (χ1) is 30.7. The van der Waals surface area contributed by atoms with Crippen LogP contribution < -0.4 is 25.4 Å². The van der Waals surface area contributed by atoms with Gasteiger partial charge in [-0.3, -0.25) is 19.7 Å². The number of oxime groups is 1. The van der Waals surface area contributed by atoms with Gasteiger partial charge in [-0.15, -0.1) is 11.3 Å². The maximum atomic E-state index is 13.9. The Balaban J connectivity index is 1.12. The van der Waals surface area contributed by atoms with E-state index in [2.05, 4.69) is 36.1 Å². The number of nitrogens with one attached hydrogen (secondary N) is 3. The molecule has 342 valence electrons. The van der Waals surface area contributed by atoms with Gasteiger partial charge in [0.2, 0.25) is 17.4 Å². The van der Waals surface area contributed by atoms with E-state index in [1.807, 2.05) is 60.7 Å². The Morgan fingerprint density at radius 2 is 1.46 bits per heavy atom. The lowest BCUT2D eigenvalue weighted by atomic mass is 9.84. The SMILES string of the molecule is CC(C)(C)OC(=O)Nc1nc(/C(=N/OC(C)(C)C(=O)OC(C)(C)C)C(=O)C[C@@H]2C(=O)N[C@@H]2CNC(=O)c2coc(-c3cc(OCc4ccccc4)c(OCc4ccccc4)cn3)n2)cs1. The number of anilines is 1. The molecule has 3 N–H and O–H groups in total. The normalized spacial score (nSPS) is 15.2. The number of rotatable bonds is 18. The lowest BCUT2D eigenvalue weighted by molar-refractivity contribution is -0.179. The monoisotopic (exact) mass is 909 g/mol. The Morgan fingerprint density at radius 1 is 0.831 bits per heavy atom. The molecule has 18 nitrogen and oxygen atoms in total. The Morgan fingerprint density at radius 3 is 2.08 bits per heavy atom. The summed E-state index contributed by atoms with van der Waals surface area (Å²) in [5.74, 6) is -2.50.